The molecule has 0 radical (unpaired) electrons. The van der Waals surface area contributed by atoms with E-state index in [1.807, 2.05) is 34.5 Å². The van der Waals surface area contributed by atoms with Gasteiger partial charge in [0.25, 0.3) is 5.91 Å². The molecule has 1 amide bonds. The number of nitrogens with zero attached hydrogens (tertiary/aromatic N) is 5. The van der Waals surface area contributed by atoms with Gasteiger partial charge in [0.2, 0.25) is 5.88 Å². The monoisotopic (exact) mass is 513 g/mol. The van der Waals surface area contributed by atoms with Crippen molar-refractivity contribution in [1.29, 1.82) is 0 Å². The van der Waals surface area contributed by atoms with Gasteiger partial charge in [-0.3, -0.25) is 4.79 Å². The molecule has 0 N–H and O–H groups in total. The largest absolute Gasteiger partial charge is 0.481 e. The Kier molecular flexibility index (Phi) is 7.10. The number of halogens is 1. The van der Waals surface area contributed by atoms with Gasteiger partial charge in [-0.05, 0) is 18.9 Å². The highest BCUT2D eigenvalue weighted by Gasteiger charge is 2.29. The van der Waals surface area contributed by atoms with Gasteiger partial charge in [-0.15, -0.1) is 11.3 Å². The number of piperidine rings is 1. The van der Waals surface area contributed by atoms with Crippen molar-refractivity contribution in [3.05, 3.63) is 63.2 Å². The molecule has 2 aromatic heterocycles. The lowest BCUT2D eigenvalue weighted by molar-refractivity contribution is -0.134. The van der Waals surface area contributed by atoms with Crippen molar-refractivity contribution in [3.63, 3.8) is 0 Å². The molecule has 4 heterocycles. The fourth-order valence-electron chi connectivity index (χ4n) is 4.14. The highest BCUT2D eigenvalue weighted by atomic mass is 35.5. The predicted molar refractivity (Wildman–Crippen MR) is 131 cm³/mol. The van der Waals surface area contributed by atoms with Crippen LogP contribution >= 0.6 is 22.9 Å². The molecule has 35 heavy (non-hydrogen) atoms. The van der Waals surface area contributed by atoms with Crippen LogP contribution in [0.1, 0.15) is 47.5 Å². The van der Waals surface area contributed by atoms with Crippen molar-refractivity contribution in [1.82, 2.24) is 19.9 Å². The molecule has 0 spiro atoms. The summed E-state index contributed by atoms with van der Waals surface area (Å²) in [7, 11) is 1.51. The van der Waals surface area contributed by atoms with Crippen molar-refractivity contribution in [2.24, 2.45) is 5.16 Å². The third kappa shape index (κ3) is 5.38. The van der Waals surface area contributed by atoms with Crippen molar-refractivity contribution in [3.8, 4) is 11.9 Å². The summed E-state index contributed by atoms with van der Waals surface area (Å²) in [6.45, 7) is 1.20. The fourth-order valence-corrected chi connectivity index (χ4v) is 5.40. The van der Waals surface area contributed by atoms with Crippen molar-refractivity contribution >= 4 is 34.6 Å². The van der Waals surface area contributed by atoms with Crippen LogP contribution in [0.2, 0.25) is 5.02 Å². The molecule has 5 rings (SSSR count). The number of amides is 1. The van der Waals surface area contributed by atoms with Gasteiger partial charge in [0.15, 0.2) is 12.7 Å². The number of benzene rings is 1. The number of methoxy groups -OCH3 is 1. The molecule has 9 nitrogen and oxygen atoms in total. The Labute approximate surface area is 211 Å². The van der Waals surface area contributed by atoms with Crippen molar-refractivity contribution in [2.45, 2.75) is 31.3 Å². The molecule has 1 atom stereocenters. The van der Waals surface area contributed by atoms with E-state index >= 15 is 0 Å². The zero-order chi connectivity index (χ0) is 24.2. The SMILES string of the molecule is COc1ccnc(OCC(=O)N2CCC(c3nc(C4=NOC(c5ccccc5Cl)C4)cs3)CC2)n1. The van der Waals surface area contributed by atoms with Gasteiger partial charge in [-0.1, -0.05) is 35.0 Å². The first kappa shape index (κ1) is 23.5. The molecular weight excluding hydrogens is 490 g/mol. The molecule has 1 aromatic carbocycles. The van der Waals surface area contributed by atoms with E-state index in [2.05, 4.69) is 15.1 Å². The Balaban J connectivity index is 1.12. The average Bonchev–Trinajstić information content (AvgIpc) is 3.58. The maximum atomic E-state index is 12.6. The minimum Gasteiger partial charge on any atom is -0.481 e. The first-order chi connectivity index (χ1) is 17.1. The topological polar surface area (TPSA) is 99.0 Å². The lowest BCUT2D eigenvalue weighted by Crippen LogP contribution is -2.40. The molecule has 2 aliphatic rings. The Morgan fingerprint density at radius 1 is 1.23 bits per heavy atom. The van der Waals surface area contributed by atoms with E-state index in [9.17, 15) is 4.79 Å². The number of rotatable bonds is 7. The number of ether oxygens (including phenoxy) is 2. The lowest BCUT2D eigenvalue weighted by Gasteiger charge is -2.31. The minimum atomic E-state index is -0.192. The molecule has 3 aromatic rings. The van der Waals surface area contributed by atoms with Crippen LogP contribution < -0.4 is 9.47 Å². The van der Waals surface area contributed by atoms with E-state index in [0.29, 0.717) is 36.3 Å². The third-order valence-corrected chi connectivity index (χ3v) is 7.43. The van der Waals surface area contributed by atoms with E-state index in [0.717, 1.165) is 34.8 Å². The van der Waals surface area contributed by atoms with Crippen LogP contribution in [0.15, 0.2) is 47.1 Å². The standard InChI is InChI=1S/C24H24ClN5O4S/c1-32-21-6-9-26-24(28-21)33-13-22(31)30-10-7-15(8-11-30)23-27-19(14-35-23)18-12-20(34-29-18)16-4-2-3-5-17(16)25/h2-6,9,14-15,20H,7-8,10-13H2,1H3. The van der Waals surface area contributed by atoms with Gasteiger partial charge >= 0.3 is 6.01 Å². The minimum absolute atomic E-state index is 0.0854. The summed E-state index contributed by atoms with van der Waals surface area (Å²) in [5, 5.41) is 8.05. The average molecular weight is 514 g/mol. The summed E-state index contributed by atoms with van der Waals surface area (Å²) in [6.07, 6.45) is 3.66. The Morgan fingerprint density at radius 2 is 2.06 bits per heavy atom. The van der Waals surface area contributed by atoms with E-state index in [4.69, 9.17) is 30.9 Å². The lowest BCUT2D eigenvalue weighted by atomic mass is 9.97. The zero-order valence-electron chi connectivity index (χ0n) is 19.1. The van der Waals surface area contributed by atoms with E-state index in [-0.39, 0.29) is 24.6 Å². The van der Waals surface area contributed by atoms with E-state index in [1.54, 1.807) is 17.4 Å². The second-order valence-corrected chi connectivity index (χ2v) is 9.55. The molecule has 0 bridgehead atoms. The molecular formula is C24H24ClN5O4S. The highest BCUT2D eigenvalue weighted by Crippen LogP contribution is 2.35. The van der Waals surface area contributed by atoms with Crippen LogP contribution in [0.3, 0.4) is 0 Å². The third-order valence-electron chi connectivity index (χ3n) is 6.08. The number of thiazole rings is 1. The van der Waals surface area contributed by atoms with Gasteiger partial charge < -0.3 is 19.2 Å². The molecule has 1 saturated heterocycles. The van der Waals surface area contributed by atoms with Crippen LogP contribution in [0.4, 0.5) is 0 Å². The number of aromatic nitrogens is 3. The van der Waals surface area contributed by atoms with Crippen LogP contribution in [-0.2, 0) is 9.63 Å². The molecule has 1 fully saturated rings. The summed E-state index contributed by atoms with van der Waals surface area (Å²) in [6, 6.07) is 9.40. The number of carbonyl (C=O) groups excluding carboxylic acids is 1. The first-order valence-electron chi connectivity index (χ1n) is 11.3. The van der Waals surface area contributed by atoms with E-state index in [1.165, 1.54) is 13.3 Å². The quantitative estimate of drug-likeness (QED) is 0.465. The maximum absolute atomic E-state index is 12.6. The maximum Gasteiger partial charge on any atom is 0.320 e. The summed E-state index contributed by atoms with van der Waals surface area (Å²) < 4.78 is 10.5. The van der Waals surface area contributed by atoms with Crippen molar-refractivity contribution < 1.29 is 19.1 Å². The molecule has 11 heteroatoms. The normalized spacial score (nSPS) is 18.2. The Hall–Kier alpha value is -3.24. The van der Waals surface area contributed by atoms with Gasteiger partial charge in [0, 0.05) is 53.7 Å². The van der Waals surface area contributed by atoms with Gasteiger partial charge in [-0.25, -0.2) is 9.97 Å². The fraction of sp³-hybridized carbons (Fsp3) is 0.375. The van der Waals surface area contributed by atoms with Gasteiger partial charge in [0.1, 0.15) is 5.71 Å². The van der Waals surface area contributed by atoms with Gasteiger partial charge in [0.05, 0.1) is 17.8 Å². The molecule has 1 unspecified atom stereocenters. The molecule has 2 aliphatic heterocycles. The van der Waals surface area contributed by atoms with Crippen LogP contribution in [-0.4, -0.2) is 58.3 Å². The number of carbonyl (C=O) groups is 1. The molecule has 0 aliphatic carbocycles. The van der Waals surface area contributed by atoms with Crippen LogP contribution in [0, 0.1) is 0 Å². The van der Waals surface area contributed by atoms with Gasteiger partial charge in [-0.2, -0.15) is 4.98 Å². The molecule has 182 valence electrons. The smallest absolute Gasteiger partial charge is 0.320 e. The summed E-state index contributed by atoms with van der Waals surface area (Å²) in [5.74, 6) is 0.612. The number of hydrogen-bond acceptors (Lipinski definition) is 9. The Bertz CT molecular complexity index is 1230. The summed E-state index contributed by atoms with van der Waals surface area (Å²) in [5.41, 5.74) is 2.62. The summed E-state index contributed by atoms with van der Waals surface area (Å²) >= 11 is 7.94. The van der Waals surface area contributed by atoms with Crippen LogP contribution in [0.5, 0.6) is 11.9 Å². The summed E-state index contributed by atoms with van der Waals surface area (Å²) in [4.78, 5) is 33.0. The number of oxime groups is 1. The van der Waals surface area contributed by atoms with Crippen LogP contribution in [0.25, 0.3) is 0 Å². The van der Waals surface area contributed by atoms with E-state index < -0.39 is 0 Å². The Morgan fingerprint density at radius 3 is 2.86 bits per heavy atom. The number of hydrogen-bond donors (Lipinski definition) is 0. The second kappa shape index (κ2) is 10.6. The molecule has 0 saturated carbocycles. The highest BCUT2D eigenvalue weighted by molar-refractivity contribution is 7.10. The van der Waals surface area contributed by atoms with Crippen molar-refractivity contribution in [2.75, 3.05) is 26.8 Å². The zero-order valence-corrected chi connectivity index (χ0v) is 20.7. The predicted octanol–water partition coefficient (Wildman–Crippen LogP) is 4.25. The number of likely N-dealkylation sites (tertiary alicyclic amines) is 1. The first-order valence-corrected chi connectivity index (χ1v) is 12.6. The second-order valence-electron chi connectivity index (χ2n) is 8.25.